The van der Waals surface area contributed by atoms with E-state index < -0.39 is 0 Å². The molecule has 0 saturated carbocycles. The summed E-state index contributed by atoms with van der Waals surface area (Å²) in [5.74, 6) is 0.415. The average Bonchev–Trinajstić information content (AvgIpc) is 2.81. The van der Waals surface area contributed by atoms with E-state index in [-0.39, 0.29) is 5.91 Å². The van der Waals surface area contributed by atoms with Crippen LogP contribution in [0.4, 0.5) is 11.4 Å². The predicted octanol–water partition coefficient (Wildman–Crippen LogP) is 2.59. The van der Waals surface area contributed by atoms with Gasteiger partial charge in [-0.25, -0.2) is 0 Å². The quantitative estimate of drug-likeness (QED) is 0.820. The molecule has 88 valence electrons. The smallest absolute Gasteiger partial charge is 0.257 e. The van der Waals surface area contributed by atoms with E-state index in [0.717, 1.165) is 5.69 Å². The van der Waals surface area contributed by atoms with Crippen LogP contribution in [0.1, 0.15) is 10.4 Å². The van der Waals surface area contributed by atoms with E-state index in [1.54, 1.807) is 25.3 Å². The molecule has 0 atom stereocenters. The van der Waals surface area contributed by atoms with Crippen molar-refractivity contribution in [2.75, 3.05) is 18.2 Å². The van der Waals surface area contributed by atoms with Crippen molar-refractivity contribution in [2.24, 2.45) is 0 Å². The van der Waals surface area contributed by atoms with Crippen LogP contribution in [-0.2, 0) is 0 Å². The Morgan fingerprint density at radius 2 is 2.24 bits per heavy atom. The van der Waals surface area contributed by atoms with Crippen molar-refractivity contribution in [3.05, 3.63) is 40.6 Å². The predicted molar refractivity (Wildman–Crippen MR) is 69.7 cm³/mol. The third kappa shape index (κ3) is 2.57. The molecule has 17 heavy (non-hydrogen) atoms. The van der Waals surface area contributed by atoms with E-state index in [2.05, 4.69) is 5.32 Å². The molecule has 0 radical (unpaired) electrons. The first-order valence-electron chi connectivity index (χ1n) is 4.98. The summed E-state index contributed by atoms with van der Waals surface area (Å²) in [5.41, 5.74) is 7.40. The number of nitrogens with one attached hydrogen (secondary N) is 1. The summed E-state index contributed by atoms with van der Waals surface area (Å²) in [6.07, 6.45) is 0. The Morgan fingerprint density at radius 1 is 1.41 bits per heavy atom. The van der Waals surface area contributed by atoms with E-state index in [1.165, 1.54) is 11.3 Å². The molecule has 0 aliphatic heterocycles. The Balaban J connectivity index is 2.19. The van der Waals surface area contributed by atoms with Crippen molar-refractivity contribution >= 4 is 28.6 Å². The molecule has 0 spiro atoms. The number of anilines is 2. The van der Waals surface area contributed by atoms with Gasteiger partial charge in [-0.2, -0.15) is 11.3 Å². The van der Waals surface area contributed by atoms with Crippen molar-refractivity contribution in [1.82, 2.24) is 0 Å². The monoisotopic (exact) mass is 248 g/mol. The van der Waals surface area contributed by atoms with Gasteiger partial charge in [0.05, 0.1) is 18.4 Å². The SMILES string of the molecule is COc1ccc(C(=O)Nc2ccsc2)c(N)c1. The van der Waals surface area contributed by atoms with Crippen LogP contribution >= 0.6 is 11.3 Å². The molecule has 1 amide bonds. The summed E-state index contributed by atoms with van der Waals surface area (Å²) in [5, 5.41) is 6.52. The molecule has 0 aliphatic rings. The minimum Gasteiger partial charge on any atom is -0.497 e. The number of hydrogen-bond donors (Lipinski definition) is 2. The van der Waals surface area contributed by atoms with E-state index in [4.69, 9.17) is 10.5 Å². The van der Waals surface area contributed by atoms with Crippen LogP contribution in [-0.4, -0.2) is 13.0 Å². The molecule has 3 N–H and O–H groups in total. The van der Waals surface area contributed by atoms with Gasteiger partial charge in [-0.05, 0) is 23.6 Å². The van der Waals surface area contributed by atoms with Crippen molar-refractivity contribution in [3.63, 3.8) is 0 Å². The van der Waals surface area contributed by atoms with Crippen LogP contribution in [0.2, 0.25) is 0 Å². The summed E-state index contributed by atoms with van der Waals surface area (Å²) in [6, 6.07) is 6.82. The molecule has 0 saturated heterocycles. The van der Waals surface area contributed by atoms with Gasteiger partial charge in [0.25, 0.3) is 5.91 Å². The van der Waals surface area contributed by atoms with E-state index >= 15 is 0 Å². The number of benzene rings is 1. The number of hydrogen-bond acceptors (Lipinski definition) is 4. The number of carbonyl (C=O) groups is 1. The van der Waals surface area contributed by atoms with Gasteiger partial charge >= 0.3 is 0 Å². The lowest BCUT2D eigenvalue weighted by Gasteiger charge is -2.07. The lowest BCUT2D eigenvalue weighted by Crippen LogP contribution is -2.13. The molecule has 0 bridgehead atoms. The average molecular weight is 248 g/mol. The zero-order chi connectivity index (χ0) is 12.3. The lowest BCUT2D eigenvalue weighted by atomic mass is 10.1. The first kappa shape index (κ1) is 11.5. The minimum absolute atomic E-state index is 0.219. The second kappa shape index (κ2) is 4.88. The highest BCUT2D eigenvalue weighted by molar-refractivity contribution is 7.08. The number of methoxy groups -OCH3 is 1. The fraction of sp³-hybridized carbons (Fsp3) is 0.0833. The number of thiophene rings is 1. The van der Waals surface area contributed by atoms with Crippen LogP contribution in [0.5, 0.6) is 5.75 Å². The number of nitrogen functional groups attached to an aromatic ring is 1. The van der Waals surface area contributed by atoms with E-state index in [9.17, 15) is 4.79 Å². The normalized spacial score (nSPS) is 9.94. The van der Waals surface area contributed by atoms with Crippen molar-refractivity contribution in [3.8, 4) is 5.75 Å². The Hall–Kier alpha value is -2.01. The Kier molecular flexibility index (Phi) is 3.30. The first-order chi connectivity index (χ1) is 8.20. The van der Waals surface area contributed by atoms with Gasteiger partial charge in [-0.15, -0.1) is 0 Å². The van der Waals surface area contributed by atoms with Crippen LogP contribution in [0.25, 0.3) is 0 Å². The van der Waals surface area contributed by atoms with Gasteiger partial charge in [0, 0.05) is 17.1 Å². The van der Waals surface area contributed by atoms with Gasteiger partial charge in [0.15, 0.2) is 0 Å². The molecule has 0 fully saturated rings. The van der Waals surface area contributed by atoms with E-state index in [0.29, 0.717) is 17.0 Å². The first-order valence-corrected chi connectivity index (χ1v) is 5.92. The Labute approximate surface area is 103 Å². The van der Waals surface area contributed by atoms with Gasteiger partial charge < -0.3 is 15.8 Å². The van der Waals surface area contributed by atoms with Crippen LogP contribution in [0.15, 0.2) is 35.0 Å². The van der Waals surface area contributed by atoms with Crippen LogP contribution < -0.4 is 15.8 Å². The summed E-state index contributed by atoms with van der Waals surface area (Å²) < 4.78 is 5.03. The third-order valence-electron chi connectivity index (χ3n) is 2.28. The molecular weight excluding hydrogens is 236 g/mol. The molecule has 1 aromatic heterocycles. The number of amides is 1. The number of nitrogens with two attached hydrogens (primary N) is 1. The summed E-state index contributed by atoms with van der Waals surface area (Å²) in [6.45, 7) is 0. The summed E-state index contributed by atoms with van der Waals surface area (Å²) >= 11 is 1.52. The topological polar surface area (TPSA) is 64.3 Å². The highest BCUT2D eigenvalue weighted by atomic mass is 32.1. The molecule has 5 heteroatoms. The van der Waals surface area contributed by atoms with Crippen molar-refractivity contribution in [2.45, 2.75) is 0 Å². The lowest BCUT2D eigenvalue weighted by molar-refractivity contribution is 0.102. The maximum atomic E-state index is 11.9. The van der Waals surface area contributed by atoms with Gasteiger partial charge in [0.2, 0.25) is 0 Å². The summed E-state index contributed by atoms with van der Waals surface area (Å²) in [7, 11) is 1.56. The fourth-order valence-electron chi connectivity index (χ4n) is 1.41. The number of carbonyl (C=O) groups excluding carboxylic acids is 1. The van der Waals surface area contributed by atoms with Gasteiger partial charge in [-0.1, -0.05) is 0 Å². The summed E-state index contributed by atoms with van der Waals surface area (Å²) in [4.78, 5) is 11.9. The number of rotatable bonds is 3. The molecule has 0 aliphatic carbocycles. The molecule has 1 heterocycles. The second-order valence-corrected chi connectivity index (χ2v) is 4.20. The molecule has 2 rings (SSSR count). The maximum absolute atomic E-state index is 11.9. The van der Waals surface area contributed by atoms with Crippen molar-refractivity contribution < 1.29 is 9.53 Å². The highest BCUT2D eigenvalue weighted by Crippen LogP contribution is 2.21. The molecule has 0 unspecified atom stereocenters. The highest BCUT2D eigenvalue weighted by Gasteiger charge is 2.10. The third-order valence-corrected chi connectivity index (χ3v) is 2.97. The minimum atomic E-state index is -0.219. The fourth-order valence-corrected chi connectivity index (χ4v) is 2.00. The van der Waals surface area contributed by atoms with Gasteiger partial charge in [-0.3, -0.25) is 4.79 Å². The zero-order valence-corrected chi connectivity index (χ0v) is 10.1. The van der Waals surface area contributed by atoms with Crippen LogP contribution in [0.3, 0.4) is 0 Å². The largest absolute Gasteiger partial charge is 0.497 e. The molecule has 2 aromatic rings. The molecule has 4 nitrogen and oxygen atoms in total. The molecular formula is C12H12N2O2S. The van der Waals surface area contributed by atoms with Gasteiger partial charge in [0.1, 0.15) is 5.75 Å². The standard InChI is InChI=1S/C12H12N2O2S/c1-16-9-2-3-10(11(13)6-9)12(15)14-8-4-5-17-7-8/h2-7H,13H2,1H3,(H,14,15). The maximum Gasteiger partial charge on any atom is 0.257 e. The van der Waals surface area contributed by atoms with E-state index in [1.807, 2.05) is 16.8 Å². The second-order valence-electron chi connectivity index (χ2n) is 3.42. The van der Waals surface area contributed by atoms with Crippen molar-refractivity contribution in [1.29, 1.82) is 0 Å². The zero-order valence-electron chi connectivity index (χ0n) is 9.27. The molecule has 1 aromatic carbocycles. The Bertz CT molecular complexity index is 523. The number of ether oxygens (including phenoxy) is 1. The Morgan fingerprint density at radius 3 is 2.82 bits per heavy atom. The van der Waals surface area contributed by atoms with Crippen LogP contribution in [0, 0.1) is 0 Å².